The van der Waals surface area contributed by atoms with Gasteiger partial charge in [0.15, 0.2) is 0 Å². The van der Waals surface area contributed by atoms with Crippen LogP contribution in [-0.2, 0) is 17.8 Å². The molecule has 0 aliphatic carbocycles. The monoisotopic (exact) mass is 283 g/mol. The highest BCUT2D eigenvalue weighted by Gasteiger charge is 2.10. The number of nitrogens with zero attached hydrogens (tertiary/aromatic N) is 4. The fraction of sp³-hybridized carbons (Fsp3) is 0.455. The zero-order chi connectivity index (χ0) is 13.7. The molecule has 0 unspecified atom stereocenters. The molecule has 7 nitrogen and oxygen atoms in total. The Morgan fingerprint density at radius 3 is 3.00 bits per heavy atom. The van der Waals surface area contributed by atoms with Crippen molar-refractivity contribution in [3.8, 4) is 0 Å². The van der Waals surface area contributed by atoms with Gasteiger partial charge >= 0.3 is 0 Å². The molecule has 0 spiro atoms. The van der Waals surface area contributed by atoms with Crippen LogP contribution in [0.4, 0.5) is 0 Å². The van der Waals surface area contributed by atoms with Crippen LogP contribution < -0.4 is 5.32 Å². The lowest BCUT2D eigenvalue weighted by atomic mass is 10.2. The van der Waals surface area contributed by atoms with E-state index in [2.05, 4.69) is 25.4 Å². The standard InChI is InChI=1S/C11H14ClN5O2/c1-8-10(16-19-15-8)5-11(18)13-3-2-4-17-7-9(12)6-14-17/h6-7H,2-5H2,1H3,(H,13,18). The van der Waals surface area contributed by atoms with Crippen LogP contribution in [0.15, 0.2) is 17.0 Å². The van der Waals surface area contributed by atoms with Crippen LogP contribution in [0.5, 0.6) is 0 Å². The molecule has 0 aliphatic heterocycles. The number of amides is 1. The van der Waals surface area contributed by atoms with Gasteiger partial charge in [0.25, 0.3) is 0 Å². The van der Waals surface area contributed by atoms with Gasteiger partial charge in [0.05, 0.1) is 17.6 Å². The number of aromatic nitrogens is 4. The maximum atomic E-state index is 11.6. The average Bonchev–Trinajstić information content (AvgIpc) is 2.95. The molecule has 1 amide bonds. The third-order valence-corrected chi connectivity index (χ3v) is 2.76. The third kappa shape index (κ3) is 4.06. The Labute approximate surface area is 114 Å². The second-order valence-corrected chi connectivity index (χ2v) is 4.53. The van der Waals surface area contributed by atoms with E-state index in [1.165, 1.54) is 0 Å². The van der Waals surface area contributed by atoms with E-state index in [1.54, 1.807) is 24.0 Å². The summed E-state index contributed by atoms with van der Waals surface area (Å²) in [4.78, 5) is 11.6. The van der Waals surface area contributed by atoms with Crippen LogP contribution in [0, 0.1) is 6.92 Å². The topological polar surface area (TPSA) is 85.8 Å². The largest absolute Gasteiger partial charge is 0.356 e. The van der Waals surface area contributed by atoms with E-state index in [0.29, 0.717) is 29.5 Å². The van der Waals surface area contributed by atoms with Crippen molar-refractivity contribution in [2.24, 2.45) is 0 Å². The minimum atomic E-state index is -0.0997. The minimum absolute atomic E-state index is 0.0997. The Morgan fingerprint density at radius 2 is 2.37 bits per heavy atom. The van der Waals surface area contributed by atoms with Crippen LogP contribution in [0.25, 0.3) is 0 Å². The highest BCUT2D eigenvalue weighted by Crippen LogP contribution is 2.04. The van der Waals surface area contributed by atoms with Gasteiger partial charge in [-0.25, -0.2) is 4.63 Å². The zero-order valence-electron chi connectivity index (χ0n) is 10.5. The Bertz CT molecular complexity index is 551. The maximum absolute atomic E-state index is 11.6. The molecule has 2 heterocycles. The van der Waals surface area contributed by atoms with E-state index >= 15 is 0 Å². The third-order valence-electron chi connectivity index (χ3n) is 2.56. The Morgan fingerprint density at radius 1 is 1.53 bits per heavy atom. The molecule has 2 aromatic rings. The van der Waals surface area contributed by atoms with Crippen molar-refractivity contribution >= 4 is 17.5 Å². The Kier molecular flexibility index (Phi) is 4.51. The van der Waals surface area contributed by atoms with Gasteiger partial charge in [-0.1, -0.05) is 21.9 Å². The molecular formula is C11H14ClN5O2. The van der Waals surface area contributed by atoms with E-state index < -0.39 is 0 Å². The summed E-state index contributed by atoms with van der Waals surface area (Å²) in [5.41, 5.74) is 1.21. The van der Waals surface area contributed by atoms with Crippen LogP contribution >= 0.6 is 11.6 Å². The number of nitrogens with one attached hydrogen (secondary N) is 1. The molecular weight excluding hydrogens is 270 g/mol. The van der Waals surface area contributed by atoms with Gasteiger partial charge in [-0.05, 0) is 13.3 Å². The van der Waals surface area contributed by atoms with Crippen molar-refractivity contribution in [2.45, 2.75) is 26.3 Å². The predicted molar refractivity (Wildman–Crippen MR) is 67.6 cm³/mol. The van der Waals surface area contributed by atoms with Crippen LogP contribution in [0.1, 0.15) is 17.8 Å². The molecule has 19 heavy (non-hydrogen) atoms. The molecule has 2 aromatic heterocycles. The van der Waals surface area contributed by atoms with Crippen LogP contribution in [0.3, 0.4) is 0 Å². The second-order valence-electron chi connectivity index (χ2n) is 4.10. The van der Waals surface area contributed by atoms with E-state index in [4.69, 9.17) is 11.6 Å². The first kappa shape index (κ1) is 13.5. The van der Waals surface area contributed by atoms with E-state index in [1.807, 2.05) is 0 Å². The van der Waals surface area contributed by atoms with Gasteiger partial charge in [-0.3, -0.25) is 9.48 Å². The fourth-order valence-corrected chi connectivity index (χ4v) is 1.71. The van der Waals surface area contributed by atoms with Crippen molar-refractivity contribution in [3.05, 3.63) is 28.8 Å². The van der Waals surface area contributed by atoms with E-state index in [9.17, 15) is 4.79 Å². The molecule has 0 bridgehead atoms. The van der Waals surface area contributed by atoms with Crippen molar-refractivity contribution in [2.75, 3.05) is 6.54 Å². The fourth-order valence-electron chi connectivity index (χ4n) is 1.55. The molecule has 2 rings (SSSR count). The lowest BCUT2D eigenvalue weighted by Gasteiger charge is -2.04. The van der Waals surface area contributed by atoms with Gasteiger partial charge in [0.2, 0.25) is 5.91 Å². The SMILES string of the molecule is Cc1nonc1CC(=O)NCCCn1cc(Cl)cn1. The summed E-state index contributed by atoms with van der Waals surface area (Å²) in [7, 11) is 0. The van der Waals surface area contributed by atoms with Crippen molar-refractivity contribution in [1.82, 2.24) is 25.4 Å². The van der Waals surface area contributed by atoms with E-state index in [-0.39, 0.29) is 12.3 Å². The number of carbonyl (C=O) groups excluding carboxylic acids is 1. The minimum Gasteiger partial charge on any atom is -0.356 e. The van der Waals surface area contributed by atoms with Gasteiger partial charge in [-0.15, -0.1) is 0 Å². The molecule has 1 N–H and O–H groups in total. The summed E-state index contributed by atoms with van der Waals surface area (Å²) in [6.45, 7) is 3.03. The molecule has 0 saturated heterocycles. The smallest absolute Gasteiger partial charge is 0.226 e. The van der Waals surface area contributed by atoms with Crippen LogP contribution in [-0.4, -0.2) is 32.5 Å². The quantitative estimate of drug-likeness (QED) is 0.799. The van der Waals surface area contributed by atoms with Crippen molar-refractivity contribution in [1.29, 1.82) is 0 Å². The molecule has 102 valence electrons. The van der Waals surface area contributed by atoms with Crippen molar-refractivity contribution < 1.29 is 9.42 Å². The summed E-state index contributed by atoms with van der Waals surface area (Å²) >= 11 is 5.74. The number of carbonyl (C=O) groups is 1. The van der Waals surface area contributed by atoms with Crippen LogP contribution in [0.2, 0.25) is 5.02 Å². The first-order valence-corrected chi connectivity index (χ1v) is 6.25. The molecule has 0 aromatic carbocycles. The first-order chi connectivity index (χ1) is 9.15. The normalized spacial score (nSPS) is 10.6. The lowest BCUT2D eigenvalue weighted by molar-refractivity contribution is -0.120. The lowest BCUT2D eigenvalue weighted by Crippen LogP contribution is -2.27. The summed E-state index contributed by atoms with van der Waals surface area (Å²) < 4.78 is 6.26. The van der Waals surface area contributed by atoms with Gasteiger partial charge < -0.3 is 5.32 Å². The molecule has 0 fully saturated rings. The van der Waals surface area contributed by atoms with E-state index in [0.717, 1.165) is 6.42 Å². The second kappa shape index (κ2) is 6.33. The number of rotatable bonds is 6. The predicted octanol–water partition coefficient (Wildman–Crippen LogP) is 0.977. The van der Waals surface area contributed by atoms with Gasteiger partial charge in [0.1, 0.15) is 11.4 Å². The first-order valence-electron chi connectivity index (χ1n) is 5.88. The van der Waals surface area contributed by atoms with Crippen molar-refractivity contribution in [3.63, 3.8) is 0 Å². The Hall–Kier alpha value is -1.89. The maximum Gasteiger partial charge on any atom is 0.226 e. The number of aryl methyl sites for hydroxylation is 2. The molecule has 0 radical (unpaired) electrons. The number of hydrogen-bond acceptors (Lipinski definition) is 5. The highest BCUT2D eigenvalue weighted by molar-refractivity contribution is 6.30. The summed E-state index contributed by atoms with van der Waals surface area (Å²) in [6, 6.07) is 0. The van der Waals surface area contributed by atoms with Gasteiger partial charge in [-0.2, -0.15) is 5.10 Å². The molecule has 0 saturated carbocycles. The highest BCUT2D eigenvalue weighted by atomic mass is 35.5. The Balaban J connectivity index is 1.66. The zero-order valence-corrected chi connectivity index (χ0v) is 11.2. The van der Waals surface area contributed by atoms with Gasteiger partial charge in [0, 0.05) is 19.3 Å². The average molecular weight is 284 g/mol. The number of hydrogen-bond donors (Lipinski definition) is 1. The summed E-state index contributed by atoms with van der Waals surface area (Å²) in [5.74, 6) is -0.0997. The molecule has 0 aliphatic rings. The summed E-state index contributed by atoms with van der Waals surface area (Å²) in [6.07, 6.45) is 4.29. The number of halogens is 1. The molecule has 0 atom stereocenters. The summed E-state index contributed by atoms with van der Waals surface area (Å²) in [5, 5.41) is 14.7. The molecule has 8 heteroatoms.